The molecule has 0 aliphatic carbocycles. The Morgan fingerprint density at radius 1 is 1.15 bits per heavy atom. The monoisotopic (exact) mass is 504 g/mol. The van der Waals surface area contributed by atoms with E-state index in [1.54, 1.807) is 31.2 Å². The van der Waals surface area contributed by atoms with Gasteiger partial charge in [0.25, 0.3) is 0 Å². The molecule has 34 heavy (non-hydrogen) atoms. The van der Waals surface area contributed by atoms with Gasteiger partial charge in [0, 0.05) is 18.3 Å². The van der Waals surface area contributed by atoms with E-state index < -0.39 is 11.6 Å². The average molecular weight is 505 g/mol. The van der Waals surface area contributed by atoms with Crippen LogP contribution in [0.4, 0.5) is 14.5 Å². The molecule has 1 aromatic carbocycles. The van der Waals surface area contributed by atoms with E-state index in [1.807, 2.05) is 13.8 Å². The number of rotatable bonds is 8. The summed E-state index contributed by atoms with van der Waals surface area (Å²) >= 11 is 11.9. The molecule has 0 aliphatic rings. The van der Waals surface area contributed by atoms with Crippen LogP contribution in [-0.2, 0) is 6.54 Å². The molecule has 2 aromatic heterocycles. The summed E-state index contributed by atoms with van der Waals surface area (Å²) in [4.78, 5) is 11.3. The van der Waals surface area contributed by atoms with Crippen LogP contribution in [0.25, 0.3) is 11.1 Å². The smallest absolute Gasteiger partial charge is 0.218 e. The molecular formula is C25H24Cl2F2N4O. The molecule has 0 bridgehead atoms. The number of ether oxygens (including phenoxy) is 1. The lowest BCUT2D eigenvalue weighted by molar-refractivity contribution is 0.393. The number of aromatic amines is 1. The summed E-state index contributed by atoms with van der Waals surface area (Å²) in [5.41, 5.74) is 2.76. The van der Waals surface area contributed by atoms with Gasteiger partial charge < -0.3 is 15.0 Å². The Kier molecular flexibility index (Phi) is 8.47. The molecule has 0 unspecified atom stereocenters. The van der Waals surface area contributed by atoms with Crippen molar-refractivity contribution in [3.8, 4) is 5.88 Å². The number of hydrogen-bond acceptors (Lipinski definition) is 4. The lowest BCUT2D eigenvalue weighted by atomic mass is 10.0. The standard InChI is InChI=1S/C25H24Cl2F2N4O/c1-5-16(7-6-14(2)15(3)24-31-13-21(27)33-24)22-19(28)8-9-20(23(22)29)30-11-17-10-18(26)12-32-25(17)34-4/h5-10,12-13,30H,11H2,1-4H3,(H,31,33)/b7-6-,15-14-,16-5+. The Morgan fingerprint density at radius 3 is 2.56 bits per heavy atom. The summed E-state index contributed by atoms with van der Waals surface area (Å²) in [7, 11) is 1.49. The first-order valence-corrected chi connectivity index (χ1v) is 11.1. The number of imidazole rings is 1. The third kappa shape index (κ3) is 5.85. The van der Waals surface area contributed by atoms with Crippen molar-refractivity contribution in [2.24, 2.45) is 0 Å². The Balaban J connectivity index is 1.88. The molecule has 0 saturated carbocycles. The van der Waals surface area contributed by atoms with Gasteiger partial charge in [-0.3, -0.25) is 0 Å². The Hall–Kier alpha value is -3.16. The third-order valence-corrected chi connectivity index (χ3v) is 5.65. The second kappa shape index (κ2) is 11.3. The SMILES string of the molecule is C\C=C(/C=C\C(C)=C(\C)c1ncc(Cl)[nH]1)c1c(F)ccc(NCc2cc(Cl)cnc2OC)c1F. The predicted molar refractivity (Wildman–Crippen MR) is 134 cm³/mol. The maximum atomic E-state index is 15.4. The zero-order chi connectivity index (χ0) is 24.8. The topological polar surface area (TPSA) is 62.8 Å². The second-order valence-corrected chi connectivity index (χ2v) is 8.27. The van der Waals surface area contributed by atoms with Gasteiger partial charge in [0.05, 0.1) is 29.6 Å². The van der Waals surface area contributed by atoms with Crippen molar-refractivity contribution >= 4 is 40.0 Å². The van der Waals surface area contributed by atoms with Crippen molar-refractivity contribution in [3.05, 3.63) is 93.2 Å². The predicted octanol–water partition coefficient (Wildman–Crippen LogP) is 7.46. The minimum absolute atomic E-state index is 0.133. The number of anilines is 1. The Morgan fingerprint density at radius 2 is 1.91 bits per heavy atom. The van der Waals surface area contributed by atoms with Crippen LogP contribution in [0, 0.1) is 11.6 Å². The fourth-order valence-corrected chi connectivity index (χ4v) is 3.58. The molecule has 0 saturated heterocycles. The minimum atomic E-state index is -0.706. The molecule has 178 valence electrons. The van der Waals surface area contributed by atoms with Crippen molar-refractivity contribution in [2.45, 2.75) is 27.3 Å². The van der Waals surface area contributed by atoms with Crippen LogP contribution in [0.5, 0.6) is 5.88 Å². The summed E-state index contributed by atoms with van der Waals surface area (Å²) in [6.07, 6.45) is 8.08. The fraction of sp³-hybridized carbons (Fsp3) is 0.200. The van der Waals surface area contributed by atoms with Gasteiger partial charge in [-0.05, 0) is 55.7 Å². The number of halogens is 4. The molecule has 0 amide bonds. The van der Waals surface area contributed by atoms with Crippen molar-refractivity contribution in [3.63, 3.8) is 0 Å². The highest BCUT2D eigenvalue weighted by Crippen LogP contribution is 2.30. The van der Waals surface area contributed by atoms with Gasteiger partial charge >= 0.3 is 0 Å². The summed E-state index contributed by atoms with van der Waals surface area (Å²) in [5.74, 6) is -0.377. The van der Waals surface area contributed by atoms with E-state index >= 15 is 4.39 Å². The molecule has 5 nitrogen and oxygen atoms in total. The molecule has 2 heterocycles. The van der Waals surface area contributed by atoms with Gasteiger partial charge in [0.1, 0.15) is 16.8 Å². The first kappa shape index (κ1) is 25.5. The van der Waals surface area contributed by atoms with Crippen molar-refractivity contribution in [1.29, 1.82) is 0 Å². The highest BCUT2D eigenvalue weighted by molar-refractivity contribution is 6.30. The van der Waals surface area contributed by atoms with Crippen LogP contribution in [0.2, 0.25) is 10.2 Å². The van der Waals surface area contributed by atoms with E-state index in [1.165, 1.54) is 31.6 Å². The van der Waals surface area contributed by atoms with E-state index in [0.717, 1.165) is 11.1 Å². The maximum absolute atomic E-state index is 15.4. The van der Waals surface area contributed by atoms with E-state index in [9.17, 15) is 4.39 Å². The van der Waals surface area contributed by atoms with E-state index in [0.29, 0.717) is 33.0 Å². The largest absolute Gasteiger partial charge is 0.481 e. The molecule has 3 rings (SSSR count). The van der Waals surface area contributed by atoms with E-state index in [-0.39, 0.29) is 17.8 Å². The molecule has 0 aliphatic heterocycles. The molecule has 3 aromatic rings. The lowest BCUT2D eigenvalue weighted by Crippen LogP contribution is -2.06. The van der Waals surface area contributed by atoms with Crippen LogP contribution in [0.3, 0.4) is 0 Å². The van der Waals surface area contributed by atoms with Crippen molar-refractivity contribution in [1.82, 2.24) is 15.0 Å². The number of H-pyrrole nitrogens is 1. The fourth-order valence-electron chi connectivity index (χ4n) is 3.26. The lowest BCUT2D eigenvalue weighted by Gasteiger charge is -2.14. The zero-order valence-electron chi connectivity index (χ0n) is 19.1. The van der Waals surface area contributed by atoms with Crippen LogP contribution >= 0.6 is 23.2 Å². The Bertz CT molecular complexity index is 1280. The summed E-state index contributed by atoms with van der Waals surface area (Å²) in [6, 6.07) is 4.25. The number of allylic oxidation sites excluding steroid dienone is 6. The highest BCUT2D eigenvalue weighted by Gasteiger charge is 2.17. The number of methoxy groups -OCH3 is 1. The molecule has 0 atom stereocenters. The van der Waals surface area contributed by atoms with Crippen LogP contribution in [0.1, 0.15) is 37.7 Å². The van der Waals surface area contributed by atoms with Crippen LogP contribution in [0.15, 0.2) is 54.4 Å². The number of aromatic nitrogens is 3. The summed E-state index contributed by atoms with van der Waals surface area (Å²) in [5, 5.41) is 3.83. The van der Waals surface area contributed by atoms with E-state index in [4.69, 9.17) is 27.9 Å². The normalized spacial score (nSPS) is 12.8. The second-order valence-electron chi connectivity index (χ2n) is 7.42. The number of nitrogens with zero attached hydrogens (tertiary/aromatic N) is 2. The molecule has 0 fully saturated rings. The van der Waals surface area contributed by atoms with Gasteiger partial charge in [0.15, 0.2) is 5.82 Å². The quantitative estimate of drug-likeness (QED) is 0.312. The zero-order valence-corrected chi connectivity index (χ0v) is 20.7. The van der Waals surface area contributed by atoms with Crippen molar-refractivity contribution < 1.29 is 13.5 Å². The van der Waals surface area contributed by atoms with Gasteiger partial charge in [0.2, 0.25) is 5.88 Å². The van der Waals surface area contributed by atoms with Gasteiger partial charge in [-0.25, -0.2) is 18.7 Å². The number of nitrogens with one attached hydrogen (secondary N) is 2. The summed E-state index contributed by atoms with van der Waals surface area (Å²) < 4.78 is 35.3. The number of hydrogen-bond donors (Lipinski definition) is 2. The first-order valence-electron chi connectivity index (χ1n) is 10.4. The number of pyridine rings is 1. The van der Waals surface area contributed by atoms with Crippen LogP contribution in [-0.4, -0.2) is 22.1 Å². The molecule has 2 N–H and O–H groups in total. The summed E-state index contributed by atoms with van der Waals surface area (Å²) in [6.45, 7) is 5.67. The highest BCUT2D eigenvalue weighted by atomic mass is 35.5. The van der Waals surface area contributed by atoms with Crippen LogP contribution < -0.4 is 10.1 Å². The first-order chi connectivity index (χ1) is 16.2. The molecule has 0 spiro atoms. The maximum Gasteiger partial charge on any atom is 0.218 e. The molecular weight excluding hydrogens is 481 g/mol. The van der Waals surface area contributed by atoms with Gasteiger partial charge in [-0.1, -0.05) is 41.4 Å². The van der Waals surface area contributed by atoms with Crippen molar-refractivity contribution in [2.75, 3.05) is 12.4 Å². The average Bonchev–Trinajstić information content (AvgIpc) is 3.26. The Labute approximate surface area is 207 Å². The molecule has 9 heteroatoms. The third-order valence-electron chi connectivity index (χ3n) is 5.25. The van der Waals surface area contributed by atoms with Gasteiger partial charge in [-0.2, -0.15) is 0 Å². The van der Waals surface area contributed by atoms with Gasteiger partial charge in [-0.15, -0.1) is 0 Å². The minimum Gasteiger partial charge on any atom is -0.481 e. The molecule has 0 radical (unpaired) electrons. The van der Waals surface area contributed by atoms with E-state index in [2.05, 4.69) is 20.3 Å². The number of benzene rings is 1.